The van der Waals surface area contributed by atoms with Crippen LogP contribution in [0.15, 0.2) is 48.5 Å². The molecule has 2 saturated carbocycles. The zero-order valence-corrected chi connectivity index (χ0v) is 15.2. The number of carbonyl (C=O) groups is 2. The van der Waals surface area contributed by atoms with Gasteiger partial charge < -0.3 is 5.73 Å². The molecular formula is C21H22F2N2O3. The third-order valence-electron chi connectivity index (χ3n) is 5.32. The highest BCUT2D eigenvalue weighted by atomic mass is 19.1. The van der Waals surface area contributed by atoms with Crippen molar-refractivity contribution in [2.75, 3.05) is 0 Å². The van der Waals surface area contributed by atoms with Gasteiger partial charge in [-0.1, -0.05) is 24.3 Å². The average molecular weight is 388 g/mol. The van der Waals surface area contributed by atoms with Crippen LogP contribution in [0.2, 0.25) is 0 Å². The third kappa shape index (κ3) is 4.72. The third-order valence-corrected chi connectivity index (χ3v) is 5.32. The van der Waals surface area contributed by atoms with E-state index in [2.05, 4.69) is 0 Å². The molecule has 0 heterocycles. The van der Waals surface area contributed by atoms with E-state index in [4.69, 9.17) is 5.73 Å². The normalized spacial score (nSPS) is 21.0. The minimum Gasteiger partial charge on any atom is -0.350 e. The Labute approximate surface area is 161 Å². The largest absolute Gasteiger partial charge is 0.350 e. The molecule has 2 aliphatic rings. The molecule has 28 heavy (non-hydrogen) atoms. The molecule has 2 amide bonds. The van der Waals surface area contributed by atoms with Crippen molar-refractivity contribution in [3.8, 4) is 0 Å². The summed E-state index contributed by atoms with van der Waals surface area (Å²) < 4.78 is 25.2. The standard InChI is InChI=1S/C11H13FN2O2.C10H9FO/c12-9-3-1-7(2-4-9)8-5-10(6-8)14(16)11(13)15;11-9-3-1-7(2-4-9)8-5-10(12)6-8/h1-4,8,10,16H,5-6H2,(H2,13,15);1-4,8H,5-6H2. The SMILES string of the molecule is NC(=O)N(O)C1CC(c2ccc(F)cc2)C1.O=C1CC(c2ccc(F)cc2)C1. The predicted molar refractivity (Wildman–Crippen MR) is 98.8 cm³/mol. The highest BCUT2D eigenvalue weighted by molar-refractivity contribution is 5.86. The Morgan fingerprint density at radius 1 is 0.893 bits per heavy atom. The van der Waals surface area contributed by atoms with Crippen molar-refractivity contribution in [2.45, 2.75) is 43.6 Å². The summed E-state index contributed by atoms with van der Waals surface area (Å²) in [6.45, 7) is 0. The quantitative estimate of drug-likeness (QED) is 0.613. The summed E-state index contributed by atoms with van der Waals surface area (Å²) in [6.07, 6.45) is 2.58. The molecule has 0 atom stereocenters. The van der Waals surface area contributed by atoms with Crippen molar-refractivity contribution >= 4 is 11.8 Å². The van der Waals surface area contributed by atoms with Crippen LogP contribution in [0, 0.1) is 11.6 Å². The molecule has 2 aliphatic carbocycles. The van der Waals surface area contributed by atoms with Crippen molar-refractivity contribution in [1.82, 2.24) is 5.06 Å². The Morgan fingerprint density at radius 3 is 1.71 bits per heavy atom. The molecule has 4 rings (SSSR count). The van der Waals surface area contributed by atoms with Gasteiger partial charge in [-0.3, -0.25) is 10.0 Å². The molecule has 7 heteroatoms. The molecule has 0 saturated heterocycles. The minimum atomic E-state index is -0.831. The topological polar surface area (TPSA) is 83.6 Å². The number of hydroxylamine groups is 2. The van der Waals surface area contributed by atoms with E-state index >= 15 is 0 Å². The number of amides is 2. The van der Waals surface area contributed by atoms with Gasteiger partial charge in [0.1, 0.15) is 17.4 Å². The number of benzene rings is 2. The molecule has 0 spiro atoms. The molecule has 2 fully saturated rings. The molecule has 0 aliphatic heterocycles. The first-order valence-corrected chi connectivity index (χ1v) is 9.13. The van der Waals surface area contributed by atoms with Gasteiger partial charge in [0, 0.05) is 12.8 Å². The Morgan fingerprint density at radius 2 is 1.32 bits per heavy atom. The van der Waals surface area contributed by atoms with Crippen molar-refractivity contribution in [3.63, 3.8) is 0 Å². The molecule has 3 N–H and O–H groups in total. The molecule has 0 bridgehead atoms. The van der Waals surface area contributed by atoms with E-state index in [1.54, 1.807) is 24.3 Å². The first kappa shape index (κ1) is 19.9. The van der Waals surface area contributed by atoms with Crippen LogP contribution < -0.4 is 5.73 Å². The van der Waals surface area contributed by atoms with E-state index in [1.807, 2.05) is 0 Å². The summed E-state index contributed by atoms with van der Waals surface area (Å²) in [6, 6.07) is 11.6. The second-order valence-corrected chi connectivity index (χ2v) is 7.25. The number of nitrogens with zero attached hydrogens (tertiary/aromatic N) is 1. The van der Waals surface area contributed by atoms with Gasteiger partial charge in [0.2, 0.25) is 0 Å². The predicted octanol–water partition coefficient (Wildman–Crippen LogP) is 4.11. The maximum atomic E-state index is 12.7. The van der Waals surface area contributed by atoms with Crippen LogP contribution in [0.1, 0.15) is 48.6 Å². The fourth-order valence-electron chi connectivity index (χ4n) is 3.44. The van der Waals surface area contributed by atoms with E-state index < -0.39 is 6.03 Å². The number of urea groups is 1. The minimum absolute atomic E-state index is 0.215. The lowest BCUT2D eigenvalue weighted by Crippen LogP contribution is -2.47. The zero-order chi connectivity index (χ0) is 20.3. The molecular weight excluding hydrogens is 366 g/mol. The Balaban J connectivity index is 0.000000167. The van der Waals surface area contributed by atoms with Gasteiger partial charge in [-0.05, 0) is 60.1 Å². The lowest BCUT2D eigenvalue weighted by Gasteiger charge is -2.39. The van der Waals surface area contributed by atoms with Gasteiger partial charge in [0.05, 0.1) is 6.04 Å². The van der Waals surface area contributed by atoms with Crippen LogP contribution >= 0.6 is 0 Å². The molecule has 0 radical (unpaired) electrons. The van der Waals surface area contributed by atoms with E-state index in [1.165, 1.54) is 24.3 Å². The van der Waals surface area contributed by atoms with Crippen molar-refractivity contribution < 1.29 is 23.6 Å². The fourth-order valence-corrected chi connectivity index (χ4v) is 3.44. The lowest BCUT2D eigenvalue weighted by atomic mass is 9.76. The summed E-state index contributed by atoms with van der Waals surface area (Å²) in [7, 11) is 0. The van der Waals surface area contributed by atoms with E-state index in [9.17, 15) is 23.6 Å². The second kappa shape index (κ2) is 8.48. The van der Waals surface area contributed by atoms with Crippen LogP contribution in [-0.2, 0) is 4.79 Å². The van der Waals surface area contributed by atoms with Crippen molar-refractivity contribution in [1.29, 1.82) is 0 Å². The van der Waals surface area contributed by atoms with Gasteiger partial charge in [-0.2, -0.15) is 0 Å². The van der Waals surface area contributed by atoms with Crippen LogP contribution in [0.4, 0.5) is 13.6 Å². The Hall–Kier alpha value is -2.80. The van der Waals surface area contributed by atoms with Crippen molar-refractivity contribution in [2.24, 2.45) is 5.73 Å². The van der Waals surface area contributed by atoms with Crippen LogP contribution in [0.3, 0.4) is 0 Å². The summed E-state index contributed by atoms with van der Waals surface area (Å²) in [5, 5.41) is 9.82. The van der Waals surface area contributed by atoms with E-state index in [0.29, 0.717) is 42.4 Å². The first-order valence-electron chi connectivity index (χ1n) is 9.13. The zero-order valence-electron chi connectivity index (χ0n) is 15.2. The summed E-state index contributed by atoms with van der Waals surface area (Å²) in [5.41, 5.74) is 7.04. The monoisotopic (exact) mass is 388 g/mol. The van der Waals surface area contributed by atoms with Gasteiger partial charge in [0.15, 0.2) is 0 Å². The van der Waals surface area contributed by atoms with Gasteiger partial charge >= 0.3 is 6.03 Å². The molecule has 148 valence electrons. The van der Waals surface area contributed by atoms with Crippen LogP contribution in [-0.4, -0.2) is 28.1 Å². The number of primary amides is 1. The first-order chi connectivity index (χ1) is 13.3. The number of rotatable bonds is 3. The maximum absolute atomic E-state index is 12.7. The summed E-state index contributed by atoms with van der Waals surface area (Å²) >= 11 is 0. The second-order valence-electron chi connectivity index (χ2n) is 7.25. The average Bonchev–Trinajstić information content (AvgIpc) is 2.61. The lowest BCUT2D eigenvalue weighted by molar-refractivity contribution is -0.124. The Kier molecular flexibility index (Phi) is 6.04. The van der Waals surface area contributed by atoms with E-state index in [0.717, 1.165) is 11.1 Å². The van der Waals surface area contributed by atoms with Gasteiger partial charge in [0.25, 0.3) is 0 Å². The number of halogens is 2. The van der Waals surface area contributed by atoms with Crippen LogP contribution in [0.5, 0.6) is 0 Å². The van der Waals surface area contributed by atoms with Crippen LogP contribution in [0.25, 0.3) is 0 Å². The molecule has 0 aromatic heterocycles. The van der Waals surface area contributed by atoms with Gasteiger partial charge in [-0.25, -0.2) is 18.6 Å². The summed E-state index contributed by atoms with van der Waals surface area (Å²) in [4.78, 5) is 21.3. The highest BCUT2D eigenvalue weighted by Gasteiger charge is 2.35. The fraction of sp³-hybridized carbons (Fsp3) is 0.333. The molecule has 5 nitrogen and oxygen atoms in total. The highest BCUT2D eigenvalue weighted by Crippen LogP contribution is 2.39. The number of hydrogen-bond acceptors (Lipinski definition) is 3. The molecule has 2 aromatic rings. The van der Waals surface area contributed by atoms with Gasteiger partial charge in [-0.15, -0.1) is 0 Å². The number of Topliss-reactive ketones (excluding diaryl/α,β-unsaturated/α-hetero) is 1. The maximum Gasteiger partial charge on any atom is 0.338 e. The number of ketones is 1. The van der Waals surface area contributed by atoms with E-state index in [-0.39, 0.29) is 23.6 Å². The number of carbonyl (C=O) groups excluding carboxylic acids is 2. The molecule has 2 aromatic carbocycles. The van der Waals surface area contributed by atoms with Crippen molar-refractivity contribution in [3.05, 3.63) is 71.3 Å². The number of nitrogens with two attached hydrogens (primary N) is 1. The summed E-state index contributed by atoms with van der Waals surface area (Å²) in [5.74, 6) is 0.437. The smallest absolute Gasteiger partial charge is 0.338 e. The molecule has 0 unspecified atom stereocenters. The Bertz CT molecular complexity index is 826. The number of hydrogen-bond donors (Lipinski definition) is 2.